The first-order valence-corrected chi connectivity index (χ1v) is 12.3. The molecule has 1 unspecified atom stereocenters. The Morgan fingerprint density at radius 1 is 1.18 bits per heavy atom. The van der Waals surface area contributed by atoms with E-state index >= 15 is 0 Å². The molecule has 0 aromatic heterocycles. The van der Waals surface area contributed by atoms with Crippen molar-refractivity contribution in [2.24, 2.45) is 5.41 Å². The lowest BCUT2D eigenvalue weighted by Gasteiger charge is -2.38. The minimum absolute atomic E-state index is 0.0189. The van der Waals surface area contributed by atoms with Gasteiger partial charge in [-0.15, -0.1) is 20.4 Å². The van der Waals surface area contributed by atoms with Crippen molar-refractivity contribution in [1.29, 1.82) is 0 Å². The van der Waals surface area contributed by atoms with Gasteiger partial charge >= 0.3 is 6.29 Å². The number of hydrogen-bond donors (Lipinski definition) is 1. The molecule has 1 N–H and O–H groups in total. The van der Waals surface area contributed by atoms with Crippen LogP contribution in [0.4, 0.5) is 20.2 Å². The number of carbonyl (C=O) groups is 1. The number of halogens is 3. The second-order valence-electron chi connectivity index (χ2n) is 10.2. The van der Waals surface area contributed by atoms with E-state index in [2.05, 4.69) is 52.6 Å². The number of hydrogen-bond acceptors (Lipinski definition) is 4. The van der Waals surface area contributed by atoms with Crippen LogP contribution in [0.25, 0.3) is 0 Å². The molecule has 0 spiro atoms. The van der Waals surface area contributed by atoms with Crippen LogP contribution in [-0.4, -0.2) is 30.7 Å². The van der Waals surface area contributed by atoms with Gasteiger partial charge in [-0.25, -0.2) is 0 Å². The van der Waals surface area contributed by atoms with Gasteiger partial charge < -0.3 is 19.7 Å². The highest BCUT2D eigenvalue weighted by Crippen LogP contribution is 2.52. The molecule has 0 radical (unpaired) electrons. The zero-order chi connectivity index (χ0) is 24.3. The van der Waals surface area contributed by atoms with Crippen LogP contribution < -0.4 is 19.7 Å². The highest BCUT2D eigenvalue weighted by molar-refractivity contribution is 6.18. The van der Waals surface area contributed by atoms with Crippen LogP contribution in [0.5, 0.6) is 11.5 Å². The molecule has 2 aromatic rings. The zero-order valence-electron chi connectivity index (χ0n) is 19.6. The summed E-state index contributed by atoms with van der Waals surface area (Å²) in [6.45, 7) is 7.55. The van der Waals surface area contributed by atoms with Crippen molar-refractivity contribution in [2.75, 3.05) is 22.6 Å². The van der Waals surface area contributed by atoms with E-state index in [9.17, 15) is 13.6 Å². The molecule has 2 aliphatic heterocycles. The second kappa shape index (κ2) is 8.01. The maximum atomic E-state index is 13.4. The Hall–Kier alpha value is -2.54. The van der Waals surface area contributed by atoms with E-state index in [0.717, 1.165) is 25.1 Å². The first kappa shape index (κ1) is 23.2. The molecule has 8 heteroatoms. The van der Waals surface area contributed by atoms with E-state index < -0.39 is 11.7 Å². The van der Waals surface area contributed by atoms with Crippen molar-refractivity contribution in [3.05, 3.63) is 47.5 Å². The first-order valence-electron chi connectivity index (χ1n) is 11.8. The average Bonchev–Trinajstić information content (AvgIpc) is 3.43. The van der Waals surface area contributed by atoms with Gasteiger partial charge in [0.25, 0.3) is 0 Å². The van der Waals surface area contributed by atoms with Crippen molar-refractivity contribution in [3.8, 4) is 11.5 Å². The van der Waals surface area contributed by atoms with Gasteiger partial charge in [0.05, 0.1) is 5.41 Å². The maximum Gasteiger partial charge on any atom is 0.586 e. The third-order valence-corrected chi connectivity index (χ3v) is 7.88. The third kappa shape index (κ3) is 3.88. The van der Waals surface area contributed by atoms with Crippen molar-refractivity contribution >= 4 is 28.9 Å². The summed E-state index contributed by atoms with van der Waals surface area (Å²) in [5.41, 5.74) is 3.15. The molecule has 1 aliphatic carbocycles. The molecule has 2 heterocycles. The maximum absolute atomic E-state index is 13.4. The summed E-state index contributed by atoms with van der Waals surface area (Å²) in [5, 5.41) is 3.07. The molecule has 0 bridgehead atoms. The first-order chi connectivity index (χ1) is 16.1. The number of nitrogens with one attached hydrogen (secondary N) is 1. The van der Waals surface area contributed by atoms with E-state index in [1.54, 1.807) is 6.07 Å². The number of anilines is 2. The Balaban J connectivity index is 1.36. The van der Waals surface area contributed by atoms with E-state index in [4.69, 9.17) is 11.6 Å². The predicted octanol–water partition coefficient (Wildman–Crippen LogP) is 6.08. The van der Waals surface area contributed by atoms with Gasteiger partial charge in [-0.05, 0) is 72.6 Å². The lowest BCUT2D eigenvalue weighted by Crippen LogP contribution is -2.44. The minimum Gasteiger partial charge on any atom is -0.395 e. The Kier molecular flexibility index (Phi) is 5.47. The number of carbonyl (C=O) groups excluding carboxylic acids is 1. The van der Waals surface area contributed by atoms with Crippen molar-refractivity contribution in [3.63, 3.8) is 0 Å². The quantitative estimate of drug-likeness (QED) is 0.477. The smallest absolute Gasteiger partial charge is 0.395 e. The Bertz CT molecular complexity index is 1130. The number of amides is 1. The highest BCUT2D eigenvalue weighted by Gasteiger charge is 2.53. The fraction of sp³-hybridized carbons (Fsp3) is 0.500. The lowest BCUT2D eigenvalue weighted by molar-refractivity contribution is -0.286. The van der Waals surface area contributed by atoms with Gasteiger partial charge in [0.2, 0.25) is 5.91 Å². The van der Waals surface area contributed by atoms with Crippen LogP contribution in [0.2, 0.25) is 0 Å². The molecule has 0 saturated heterocycles. The summed E-state index contributed by atoms with van der Waals surface area (Å²) in [7, 11) is 0. The molecule has 5 rings (SSSR count). The summed E-state index contributed by atoms with van der Waals surface area (Å²) in [6, 6.07) is 11.0. The number of nitrogens with zero attached hydrogens (tertiary/aromatic N) is 1. The summed E-state index contributed by atoms with van der Waals surface area (Å²) in [6.07, 6.45) is -0.422. The van der Waals surface area contributed by atoms with Crippen LogP contribution in [0, 0.1) is 5.41 Å². The van der Waals surface area contributed by atoms with Gasteiger partial charge in [-0.3, -0.25) is 4.79 Å². The number of alkyl halides is 3. The normalized spacial score (nSPS) is 21.4. The van der Waals surface area contributed by atoms with E-state index in [1.807, 2.05) is 6.07 Å². The topological polar surface area (TPSA) is 50.8 Å². The Labute approximate surface area is 203 Å². The number of rotatable bonds is 7. The van der Waals surface area contributed by atoms with Gasteiger partial charge in [-0.1, -0.05) is 26.8 Å². The number of ether oxygens (including phenoxy) is 2. The lowest BCUT2D eigenvalue weighted by atomic mass is 9.80. The van der Waals surface area contributed by atoms with Crippen LogP contribution in [0.3, 0.4) is 0 Å². The summed E-state index contributed by atoms with van der Waals surface area (Å²) >= 11 is 6.12. The molecule has 1 saturated carbocycles. The number of fused-ring (bicyclic) bond motifs is 2. The number of benzene rings is 2. The fourth-order valence-electron chi connectivity index (χ4n) is 5.16. The highest BCUT2D eigenvalue weighted by atomic mass is 35.5. The Morgan fingerprint density at radius 3 is 2.59 bits per heavy atom. The summed E-state index contributed by atoms with van der Waals surface area (Å²) in [4.78, 5) is 15.7. The molecule has 3 aliphatic rings. The summed E-state index contributed by atoms with van der Waals surface area (Å²) in [5.74, 6) is 0.356. The van der Waals surface area contributed by atoms with E-state index in [1.165, 1.54) is 23.4 Å². The second-order valence-corrected chi connectivity index (χ2v) is 10.5. The molecule has 1 amide bonds. The molecule has 5 nitrogen and oxygen atoms in total. The third-order valence-electron chi connectivity index (χ3n) is 7.71. The zero-order valence-corrected chi connectivity index (χ0v) is 20.3. The van der Waals surface area contributed by atoms with Crippen LogP contribution in [-0.2, 0) is 16.6 Å². The van der Waals surface area contributed by atoms with Crippen molar-refractivity contribution < 1.29 is 23.0 Å². The molecule has 182 valence electrons. The standard InChI is InChI=1S/C26H29ClF2N2O3/c1-4-24(2,3)22-14-16-13-18(6-7-19(16)31(22)12-11-27)30-23(32)25(9-10-25)17-5-8-20-21(15-17)34-26(28,29)33-20/h5-8,13,15,22H,4,9-12,14H2,1-3H3,(H,30,32). The Morgan fingerprint density at radius 2 is 1.91 bits per heavy atom. The monoisotopic (exact) mass is 490 g/mol. The molecule has 2 aromatic carbocycles. The van der Waals surface area contributed by atoms with Crippen molar-refractivity contribution in [1.82, 2.24) is 0 Å². The van der Waals surface area contributed by atoms with E-state index in [0.29, 0.717) is 30.3 Å². The van der Waals surface area contributed by atoms with Gasteiger partial charge in [0, 0.05) is 29.8 Å². The van der Waals surface area contributed by atoms with E-state index in [-0.39, 0.29) is 22.8 Å². The molecule has 1 fully saturated rings. The average molecular weight is 491 g/mol. The molecule has 1 atom stereocenters. The van der Waals surface area contributed by atoms with Gasteiger partial charge in [-0.2, -0.15) is 0 Å². The molecular formula is C26H29ClF2N2O3. The molecule has 34 heavy (non-hydrogen) atoms. The largest absolute Gasteiger partial charge is 0.586 e. The van der Waals surface area contributed by atoms with Gasteiger partial charge in [0.15, 0.2) is 11.5 Å². The van der Waals surface area contributed by atoms with Crippen molar-refractivity contribution in [2.45, 2.75) is 64.2 Å². The predicted molar refractivity (Wildman–Crippen MR) is 128 cm³/mol. The fourth-order valence-corrected chi connectivity index (χ4v) is 5.35. The summed E-state index contributed by atoms with van der Waals surface area (Å²) < 4.78 is 35.9. The van der Waals surface area contributed by atoms with Crippen LogP contribution in [0.15, 0.2) is 36.4 Å². The molecular weight excluding hydrogens is 462 g/mol. The van der Waals surface area contributed by atoms with Crippen LogP contribution in [0.1, 0.15) is 51.2 Å². The SMILES string of the molecule is CCC(C)(C)C1Cc2cc(NC(=O)C3(c4ccc5c(c4)OC(F)(F)O5)CC3)ccc2N1CCCl. The minimum atomic E-state index is -3.67. The van der Waals surface area contributed by atoms with Crippen LogP contribution >= 0.6 is 11.6 Å². The van der Waals surface area contributed by atoms with Gasteiger partial charge in [0.1, 0.15) is 0 Å².